The van der Waals surface area contributed by atoms with Gasteiger partial charge in [-0.25, -0.2) is 0 Å². The van der Waals surface area contributed by atoms with E-state index < -0.39 is 0 Å². The quantitative estimate of drug-likeness (QED) is 0.608. The molecule has 0 amide bonds. The molecule has 1 aromatic heterocycles. The van der Waals surface area contributed by atoms with Crippen molar-refractivity contribution >= 4 is 22.6 Å². The number of nitrogens with zero attached hydrogens (tertiary/aromatic N) is 2. The summed E-state index contributed by atoms with van der Waals surface area (Å²) in [6.45, 7) is 4.56. The van der Waals surface area contributed by atoms with Gasteiger partial charge in [0, 0.05) is 12.8 Å². The highest BCUT2D eigenvalue weighted by Crippen LogP contribution is 1.98. The van der Waals surface area contributed by atoms with E-state index in [2.05, 4.69) is 34.6 Å². The van der Waals surface area contributed by atoms with Crippen molar-refractivity contribution in [3.05, 3.63) is 16.0 Å². The summed E-state index contributed by atoms with van der Waals surface area (Å²) in [7, 11) is 0. The summed E-state index contributed by atoms with van der Waals surface area (Å²) in [5, 5.41) is 4.23. The highest BCUT2D eigenvalue weighted by molar-refractivity contribution is 14.1. The Kier molecular flexibility index (Phi) is 4.60. The minimum absolute atomic E-state index is 0.756. The lowest BCUT2D eigenvalue weighted by atomic mass is 10.5. The van der Waals surface area contributed by atoms with Crippen LogP contribution in [0, 0.1) is 3.70 Å². The van der Waals surface area contributed by atoms with Crippen molar-refractivity contribution < 1.29 is 4.74 Å². The van der Waals surface area contributed by atoms with Crippen molar-refractivity contribution in [1.29, 1.82) is 0 Å². The maximum atomic E-state index is 5.33. The lowest BCUT2D eigenvalue weighted by Crippen LogP contribution is -2.06. The van der Waals surface area contributed by atoms with E-state index in [0.29, 0.717) is 0 Å². The second-order valence-electron chi connectivity index (χ2n) is 2.51. The molecular weight excluding hydrogens is 267 g/mol. The topological polar surface area (TPSA) is 27.1 Å². The third-order valence-corrected chi connectivity index (χ3v) is 2.00. The molecule has 1 heterocycles. The Morgan fingerprint density at radius 3 is 3.00 bits per heavy atom. The summed E-state index contributed by atoms with van der Waals surface area (Å²) in [5.74, 6) is 0. The number of ether oxygens (including phenoxy) is 1. The van der Waals surface area contributed by atoms with Gasteiger partial charge in [-0.15, -0.1) is 0 Å². The first-order chi connectivity index (χ1) is 5.83. The fraction of sp³-hybridized carbons (Fsp3) is 0.625. The van der Waals surface area contributed by atoms with Crippen LogP contribution in [0.1, 0.15) is 13.3 Å². The van der Waals surface area contributed by atoms with Gasteiger partial charge in [0.2, 0.25) is 0 Å². The first kappa shape index (κ1) is 9.98. The normalized spacial score (nSPS) is 10.5. The molecule has 12 heavy (non-hydrogen) atoms. The maximum Gasteiger partial charge on any atom is 0.123 e. The van der Waals surface area contributed by atoms with Crippen LogP contribution in [0.4, 0.5) is 0 Å². The van der Waals surface area contributed by atoms with Crippen molar-refractivity contribution in [2.24, 2.45) is 0 Å². The van der Waals surface area contributed by atoms with Gasteiger partial charge >= 0.3 is 0 Å². The predicted octanol–water partition coefficient (Wildman–Crippen LogP) is 1.91. The van der Waals surface area contributed by atoms with Gasteiger partial charge in [0.1, 0.15) is 3.70 Å². The highest BCUT2D eigenvalue weighted by atomic mass is 127. The van der Waals surface area contributed by atoms with Crippen LogP contribution in [0.25, 0.3) is 0 Å². The number of halogens is 1. The van der Waals surface area contributed by atoms with E-state index in [9.17, 15) is 0 Å². The molecular formula is C8H13IN2O. The summed E-state index contributed by atoms with van der Waals surface area (Å²) >= 11 is 2.20. The standard InChI is InChI=1S/C8H13IN2O/c1-2-6-12-7-5-11-4-3-8(9)10-11/h3-4H,2,5-7H2,1H3. The average molecular weight is 280 g/mol. The third-order valence-electron chi connectivity index (χ3n) is 1.42. The molecule has 0 aliphatic heterocycles. The molecule has 0 spiro atoms. The molecule has 3 nitrogen and oxygen atoms in total. The van der Waals surface area contributed by atoms with Gasteiger partial charge < -0.3 is 4.74 Å². The van der Waals surface area contributed by atoms with Crippen LogP contribution in [0.3, 0.4) is 0 Å². The molecule has 0 fully saturated rings. The van der Waals surface area contributed by atoms with Crippen LogP contribution in [0.5, 0.6) is 0 Å². The first-order valence-electron chi connectivity index (χ1n) is 4.09. The summed E-state index contributed by atoms with van der Waals surface area (Å²) in [6.07, 6.45) is 3.05. The lowest BCUT2D eigenvalue weighted by molar-refractivity contribution is 0.124. The molecule has 0 atom stereocenters. The summed E-state index contributed by atoms with van der Waals surface area (Å²) < 4.78 is 8.26. The molecule has 0 aliphatic rings. The van der Waals surface area contributed by atoms with Crippen molar-refractivity contribution in [2.75, 3.05) is 13.2 Å². The fourth-order valence-electron chi connectivity index (χ4n) is 0.866. The van der Waals surface area contributed by atoms with E-state index in [0.717, 1.165) is 29.9 Å². The van der Waals surface area contributed by atoms with Crippen LogP contribution in [-0.4, -0.2) is 23.0 Å². The van der Waals surface area contributed by atoms with Gasteiger partial charge in [0.15, 0.2) is 0 Å². The van der Waals surface area contributed by atoms with E-state index in [1.807, 2.05) is 16.9 Å². The van der Waals surface area contributed by atoms with Gasteiger partial charge in [-0.05, 0) is 35.1 Å². The van der Waals surface area contributed by atoms with Crippen LogP contribution in [0.2, 0.25) is 0 Å². The largest absolute Gasteiger partial charge is 0.380 e. The zero-order chi connectivity index (χ0) is 8.81. The van der Waals surface area contributed by atoms with Gasteiger partial charge in [-0.3, -0.25) is 4.68 Å². The Labute approximate surface area is 86.2 Å². The second kappa shape index (κ2) is 5.53. The van der Waals surface area contributed by atoms with Crippen LogP contribution in [0.15, 0.2) is 12.3 Å². The van der Waals surface area contributed by atoms with Crippen molar-refractivity contribution in [3.8, 4) is 0 Å². The predicted molar refractivity (Wildman–Crippen MR) is 56.1 cm³/mol. The van der Waals surface area contributed by atoms with Gasteiger partial charge in [-0.1, -0.05) is 6.92 Å². The summed E-state index contributed by atoms with van der Waals surface area (Å²) in [6, 6.07) is 1.99. The molecule has 0 radical (unpaired) electrons. The lowest BCUT2D eigenvalue weighted by Gasteiger charge is -2.01. The minimum atomic E-state index is 0.756. The summed E-state index contributed by atoms with van der Waals surface area (Å²) in [5.41, 5.74) is 0. The Bertz CT molecular complexity index is 225. The molecule has 1 rings (SSSR count). The fourth-order valence-corrected chi connectivity index (χ4v) is 1.30. The molecule has 0 saturated carbocycles. The van der Waals surface area contributed by atoms with Crippen molar-refractivity contribution in [2.45, 2.75) is 19.9 Å². The van der Waals surface area contributed by atoms with Crippen molar-refractivity contribution in [3.63, 3.8) is 0 Å². The molecule has 0 aliphatic carbocycles. The zero-order valence-electron chi connectivity index (χ0n) is 7.16. The Morgan fingerprint density at radius 1 is 1.58 bits per heavy atom. The average Bonchev–Trinajstić information content (AvgIpc) is 2.45. The highest BCUT2D eigenvalue weighted by Gasteiger charge is 1.93. The van der Waals surface area contributed by atoms with Crippen LogP contribution in [-0.2, 0) is 11.3 Å². The van der Waals surface area contributed by atoms with E-state index >= 15 is 0 Å². The van der Waals surface area contributed by atoms with Crippen LogP contribution >= 0.6 is 22.6 Å². The molecule has 0 bridgehead atoms. The van der Waals surface area contributed by atoms with E-state index in [1.165, 1.54) is 0 Å². The first-order valence-corrected chi connectivity index (χ1v) is 5.17. The van der Waals surface area contributed by atoms with E-state index in [4.69, 9.17) is 4.74 Å². The van der Waals surface area contributed by atoms with Crippen molar-refractivity contribution in [1.82, 2.24) is 9.78 Å². The van der Waals surface area contributed by atoms with Crippen LogP contribution < -0.4 is 0 Å². The van der Waals surface area contributed by atoms with E-state index in [1.54, 1.807) is 0 Å². The minimum Gasteiger partial charge on any atom is -0.380 e. The number of hydrogen-bond acceptors (Lipinski definition) is 2. The molecule has 68 valence electrons. The zero-order valence-corrected chi connectivity index (χ0v) is 9.32. The number of rotatable bonds is 5. The van der Waals surface area contributed by atoms with Gasteiger partial charge in [0.05, 0.1) is 13.2 Å². The smallest absolute Gasteiger partial charge is 0.123 e. The molecule has 1 aromatic rings. The third kappa shape index (κ3) is 3.53. The number of hydrogen-bond donors (Lipinski definition) is 0. The Hall–Kier alpha value is -0.100. The molecule has 0 aromatic carbocycles. The number of aromatic nitrogens is 2. The molecule has 0 saturated heterocycles. The Morgan fingerprint density at radius 2 is 2.42 bits per heavy atom. The second-order valence-corrected chi connectivity index (χ2v) is 3.62. The monoisotopic (exact) mass is 280 g/mol. The summed E-state index contributed by atoms with van der Waals surface area (Å²) in [4.78, 5) is 0. The van der Waals surface area contributed by atoms with Gasteiger partial charge in [0.25, 0.3) is 0 Å². The molecule has 0 unspecified atom stereocenters. The van der Waals surface area contributed by atoms with Gasteiger partial charge in [-0.2, -0.15) is 5.10 Å². The van der Waals surface area contributed by atoms with E-state index in [-0.39, 0.29) is 0 Å². The molecule has 0 N–H and O–H groups in total. The maximum absolute atomic E-state index is 5.33. The molecule has 4 heteroatoms. The SMILES string of the molecule is CCCOCCn1ccc(I)n1. The Balaban J connectivity index is 2.15.